The summed E-state index contributed by atoms with van der Waals surface area (Å²) in [5, 5.41) is 6.30. The number of methoxy groups -OCH3 is 1. The van der Waals surface area contributed by atoms with E-state index in [1.807, 2.05) is 31.6 Å². The maximum absolute atomic E-state index is 14.8. The number of nitrogens with one attached hydrogen (secondary N) is 2. The average molecular weight is 574 g/mol. The first-order chi connectivity index (χ1) is 20.5. The lowest BCUT2D eigenvalue weighted by atomic mass is 10.0. The van der Waals surface area contributed by atoms with E-state index in [4.69, 9.17) is 4.74 Å². The Morgan fingerprint density at radius 3 is 2.64 bits per heavy atom. The van der Waals surface area contributed by atoms with Crippen LogP contribution in [0.2, 0.25) is 0 Å². The number of amides is 1. The molecule has 11 heteroatoms. The van der Waals surface area contributed by atoms with Crippen LogP contribution < -0.4 is 15.4 Å². The van der Waals surface area contributed by atoms with Crippen LogP contribution in [0.3, 0.4) is 0 Å². The van der Waals surface area contributed by atoms with Crippen LogP contribution in [0.15, 0.2) is 67.6 Å². The van der Waals surface area contributed by atoms with Gasteiger partial charge in [0, 0.05) is 54.7 Å². The number of benzene rings is 2. The second-order valence-corrected chi connectivity index (χ2v) is 9.88. The Morgan fingerprint density at radius 1 is 1.00 bits per heavy atom. The zero-order valence-electron chi connectivity index (χ0n) is 23.6. The van der Waals surface area contributed by atoms with Crippen LogP contribution in [-0.4, -0.2) is 43.5 Å². The van der Waals surface area contributed by atoms with Gasteiger partial charge < -0.3 is 19.9 Å². The van der Waals surface area contributed by atoms with Crippen molar-refractivity contribution in [3.63, 3.8) is 0 Å². The summed E-state index contributed by atoms with van der Waals surface area (Å²) in [4.78, 5) is 25.8. The van der Waals surface area contributed by atoms with Gasteiger partial charge in [0.2, 0.25) is 5.82 Å². The summed E-state index contributed by atoms with van der Waals surface area (Å²) in [6.07, 6.45) is 15.0. The van der Waals surface area contributed by atoms with Gasteiger partial charge in [-0.2, -0.15) is 4.39 Å². The third kappa shape index (κ3) is 6.24. The lowest BCUT2D eigenvalue weighted by Gasteiger charge is -2.13. The molecule has 0 atom stereocenters. The molecule has 3 aromatic heterocycles. The fourth-order valence-corrected chi connectivity index (χ4v) is 4.91. The summed E-state index contributed by atoms with van der Waals surface area (Å²) >= 11 is 0. The quantitative estimate of drug-likeness (QED) is 0.163. The molecular weight excluding hydrogens is 540 g/mol. The van der Waals surface area contributed by atoms with Crippen molar-refractivity contribution in [3.05, 3.63) is 90.4 Å². The molecule has 0 unspecified atom stereocenters. The van der Waals surface area contributed by atoms with Crippen LogP contribution in [0.5, 0.6) is 5.75 Å². The molecule has 0 fully saturated rings. The molecule has 0 aliphatic rings. The number of carbonyl (C=O) groups excluding carboxylic acids is 1. The van der Waals surface area contributed by atoms with Crippen molar-refractivity contribution in [2.45, 2.75) is 45.6 Å². The van der Waals surface area contributed by atoms with Gasteiger partial charge in [0.05, 0.1) is 25.3 Å². The summed E-state index contributed by atoms with van der Waals surface area (Å²) in [5.41, 5.74) is 3.12. The van der Waals surface area contributed by atoms with E-state index >= 15 is 0 Å². The maximum atomic E-state index is 14.8. The molecule has 3 heterocycles. The Labute approximate surface area is 242 Å². The first kappa shape index (κ1) is 28.7. The summed E-state index contributed by atoms with van der Waals surface area (Å²) < 4.78 is 37.8. The van der Waals surface area contributed by atoms with Crippen molar-refractivity contribution < 1.29 is 18.3 Å². The van der Waals surface area contributed by atoms with Gasteiger partial charge in [0.15, 0.2) is 23.0 Å². The fraction of sp³-hybridized carbons (Fsp3) is 0.290. The summed E-state index contributed by atoms with van der Waals surface area (Å²) in [6, 6.07) is 8.36. The number of ether oxygens (including phenoxy) is 1. The molecule has 0 bridgehead atoms. The van der Waals surface area contributed by atoms with E-state index in [2.05, 4.69) is 30.2 Å². The number of halogens is 2. The molecule has 0 saturated carbocycles. The van der Waals surface area contributed by atoms with E-state index in [0.29, 0.717) is 35.7 Å². The Kier molecular flexibility index (Phi) is 9.05. The van der Waals surface area contributed by atoms with Gasteiger partial charge in [0.1, 0.15) is 0 Å². The van der Waals surface area contributed by atoms with Crippen molar-refractivity contribution in [2.75, 3.05) is 19.0 Å². The fourth-order valence-electron chi connectivity index (χ4n) is 4.91. The van der Waals surface area contributed by atoms with Gasteiger partial charge in [-0.3, -0.25) is 9.20 Å². The zero-order valence-corrected chi connectivity index (χ0v) is 23.6. The lowest BCUT2D eigenvalue weighted by Crippen LogP contribution is -2.25. The molecule has 0 aliphatic heterocycles. The van der Waals surface area contributed by atoms with Crippen LogP contribution in [0.1, 0.15) is 48.5 Å². The largest absolute Gasteiger partial charge is 0.494 e. The Morgan fingerprint density at radius 2 is 1.86 bits per heavy atom. The first-order valence-electron chi connectivity index (χ1n) is 14.0. The molecule has 5 rings (SSSR count). The van der Waals surface area contributed by atoms with Crippen LogP contribution in [0, 0.1) is 11.6 Å². The molecule has 2 N–H and O–H groups in total. The minimum absolute atomic E-state index is 0.0519. The molecule has 0 spiro atoms. The molecular formula is C31H33F2N7O2. The van der Waals surface area contributed by atoms with Gasteiger partial charge >= 0.3 is 0 Å². The number of hydrogen-bond donors (Lipinski definition) is 2. The second kappa shape index (κ2) is 13.2. The first-order valence-corrected chi connectivity index (χ1v) is 14.0. The normalized spacial score (nSPS) is 11.1. The SMILES string of the molecule is CCc1cc(Nc2nccn3c(-c4ccc(OC)c(F)c4F)cnc23)ccc1C(=O)NCCCCCCn1ccnc1. The highest BCUT2D eigenvalue weighted by atomic mass is 19.2. The summed E-state index contributed by atoms with van der Waals surface area (Å²) in [6.45, 7) is 3.58. The van der Waals surface area contributed by atoms with Crippen molar-refractivity contribution in [2.24, 2.45) is 0 Å². The van der Waals surface area contributed by atoms with Crippen LogP contribution >= 0.6 is 0 Å². The topological polar surface area (TPSA) is 98.4 Å². The Balaban J connectivity index is 1.23. The number of carbonyl (C=O) groups is 1. The number of imidazole rings is 2. The lowest BCUT2D eigenvalue weighted by molar-refractivity contribution is 0.0952. The van der Waals surface area contributed by atoms with Crippen LogP contribution in [0.4, 0.5) is 20.3 Å². The number of hydrogen-bond acceptors (Lipinski definition) is 6. The van der Waals surface area contributed by atoms with Gasteiger partial charge in [0.25, 0.3) is 5.91 Å². The van der Waals surface area contributed by atoms with Crippen LogP contribution in [0.25, 0.3) is 16.9 Å². The second-order valence-electron chi connectivity index (χ2n) is 9.88. The van der Waals surface area contributed by atoms with E-state index < -0.39 is 11.6 Å². The molecule has 42 heavy (non-hydrogen) atoms. The highest BCUT2D eigenvalue weighted by Crippen LogP contribution is 2.31. The number of unbranched alkanes of at least 4 members (excludes halogenated alkanes) is 3. The molecule has 2 aromatic carbocycles. The molecule has 5 aromatic rings. The van der Waals surface area contributed by atoms with E-state index in [0.717, 1.165) is 43.5 Å². The highest BCUT2D eigenvalue weighted by Gasteiger charge is 2.19. The predicted molar refractivity (Wildman–Crippen MR) is 157 cm³/mol. The summed E-state index contributed by atoms with van der Waals surface area (Å²) in [5.74, 6) is -1.91. The number of fused-ring (bicyclic) bond motifs is 1. The monoisotopic (exact) mass is 573 g/mol. The third-order valence-corrected chi connectivity index (χ3v) is 7.15. The van der Waals surface area contributed by atoms with Gasteiger partial charge in [-0.05, 0) is 55.2 Å². The summed E-state index contributed by atoms with van der Waals surface area (Å²) in [7, 11) is 1.28. The van der Waals surface area contributed by atoms with Crippen molar-refractivity contribution in [3.8, 4) is 17.0 Å². The minimum atomic E-state index is -1.06. The Bertz CT molecular complexity index is 1670. The van der Waals surface area contributed by atoms with Crippen molar-refractivity contribution >= 4 is 23.1 Å². The predicted octanol–water partition coefficient (Wildman–Crippen LogP) is 6.18. The van der Waals surface area contributed by atoms with Crippen LogP contribution in [-0.2, 0) is 13.0 Å². The zero-order chi connectivity index (χ0) is 29.5. The molecule has 0 aliphatic carbocycles. The van der Waals surface area contributed by atoms with E-state index in [1.165, 1.54) is 25.4 Å². The molecule has 9 nitrogen and oxygen atoms in total. The number of aromatic nitrogens is 5. The van der Waals surface area contributed by atoms with Crippen molar-refractivity contribution in [1.29, 1.82) is 0 Å². The van der Waals surface area contributed by atoms with Gasteiger partial charge in [-0.1, -0.05) is 19.8 Å². The molecule has 218 valence electrons. The maximum Gasteiger partial charge on any atom is 0.251 e. The van der Waals surface area contributed by atoms with Gasteiger partial charge in [-0.15, -0.1) is 0 Å². The number of anilines is 2. The standard InChI is InChI=1S/C31H33F2N7O2/c1-3-21-18-22(8-9-23(21)31(41)36-12-6-4-5-7-15-39-16-13-34-20-39)38-29-30-37-19-25(40(30)17-14-35-29)24-10-11-26(42-2)28(33)27(24)32/h8-11,13-14,16-20H,3-7,12,15H2,1-2H3,(H,35,38)(H,36,41). The minimum Gasteiger partial charge on any atom is -0.494 e. The van der Waals surface area contributed by atoms with E-state index in [1.54, 1.807) is 29.1 Å². The van der Waals surface area contributed by atoms with Crippen molar-refractivity contribution in [1.82, 2.24) is 29.2 Å². The number of rotatable bonds is 13. The molecule has 0 radical (unpaired) electrons. The third-order valence-electron chi connectivity index (χ3n) is 7.15. The molecule has 1 amide bonds. The number of nitrogens with zero attached hydrogens (tertiary/aromatic N) is 5. The van der Waals surface area contributed by atoms with E-state index in [-0.39, 0.29) is 17.2 Å². The average Bonchev–Trinajstić information content (AvgIpc) is 3.69. The van der Waals surface area contributed by atoms with E-state index in [9.17, 15) is 13.6 Å². The molecule has 0 saturated heterocycles. The highest BCUT2D eigenvalue weighted by molar-refractivity contribution is 5.96. The van der Waals surface area contributed by atoms with Gasteiger partial charge in [-0.25, -0.2) is 19.3 Å². The number of aryl methyl sites for hydroxylation is 2. The smallest absolute Gasteiger partial charge is 0.251 e. The Hall–Kier alpha value is -4.80.